The molecular weight excluding hydrogens is 545 g/mol. The molecule has 1 atom stereocenters. The number of hydrazine groups is 1. The number of anilines is 1. The van der Waals surface area contributed by atoms with E-state index in [1.54, 1.807) is 12.1 Å². The Kier molecular flexibility index (Phi) is 7.28. The summed E-state index contributed by atoms with van der Waals surface area (Å²) in [5, 5.41) is 0.442. The summed E-state index contributed by atoms with van der Waals surface area (Å²) in [7, 11) is -4.08. The lowest BCUT2D eigenvalue weighted by atomic mass is 10.0. The van der Waals surface area contributed by atoms with Crippen LogP contribution in [0, 0.1) is 0 Å². The molecule has 1 aliphatic rings. The monoisotopic (exact) mass is 565 g/mol. The maximum atomic E-state index is 13.0. The summed E-state index contributed by atoms with van der Waals surface area (Å²) < 4.78 is 34.6. The number of fused-ring (bicyclic) bond motifs is 1. The van der Waals surface area contributed by atoms with Crippen LogP contribution < -0.4 is 20.3 Å². The number of nitrogens with one attached hydrogen (secondary N) is 3. The Bertz CT molecular complexity index is 1630. The van der Waals surface area contributed by atoms with Gasteiger partial charge < -0.3 is 4.74 Å². The molecule has 0 bridgehead atoms. The van der Waals surface area contributed by atoms with Gasteiger partial charge >= 0.3 is 0 Å². The van der Waals surface area contributed by atoms with Gasteiger partial charge in [0.1, 0.15) is 16.7 Å². The number of halogens is 2. The molecule has 0 unspecified atom stereocenters. The average Bonchev–Trinajstić information content (AvgIpc) is 2.93. The highest BCUT2D eigenvalue weighted by Crippen LogP contribution is 2.35. The van der Waals surface area contributed by atoms with Crippen molar-refractivity contribution >= 4 is 50.5 Å². The summed E-state index contributed by atoms with van der Waals surface area (Å²) in [6, 6.07) is 27.3. The second-order valence-corrected chi connectivity index (χ2v) is 10.9. The van der Waals surface area contributed by atoms with Crippen LogP contribution in [-0.2, 0) is 10.0 Å². The van der Waals surface area contributed by atoms with Crippen molar-refractivity contribution < 1.29 is 17.9 Å². The van der Waals surface area contributed by atoms with E-state index in [0.717, 1.165) is 11.1 Å². The Labute approximate surface area is 230 Å². The highest BCUT2D eigenvalue weighted by molar-refractivity contribution is 7.92. The fourth-order valence-electron chi connectivity index (χ4n) is 3.89. The number of benzene rings is 4. The van der Waals surface area contributed by atoms with Gasteiger partial charge in [0, 0.05) is 21.8 Å². The number of ether oxygens (including phenoxy) is 1. The SMILES string of the molecule is O=C(NNC1=C[C@@H](c2ccccc2)Oc2ccccc21)c1ccc(Cl)c(S(=O)(=O)Nc2ccc(Cl)cc2)c1. The molecule has 192 valence electrons. The van der Waals surface area contributed by atoms with Gasteiger partial charge in [-0.3, -0.25) is 20.4 Å². The van der Waals surface area contributed by atoms with Crippen molar-refractivity contribution in [1.82, 2.24) is 10.9 Å². The Hall–Kier alpha value is -3.98. The smallest absolute Gasteiger partial charge is 0.269 e. The second-order valence-electron chi connectivity index (χ2n) is 8.36. The molecule has 4 aromatic carbocycles. The Balaban J connectivity index is 1.36. The van der Waals surface area contributed by atoms with Crippen molar-refractivity contribution in [1.29, 1.82) is 0 Å². The molecule has 7 nitrogen and oxygen atoms in total. The number of amides is 1. The van der Waals surface area contributed by atoms with Crippen LogP contribution in [-0.4, -0.2) is 14.3 Å². The van der Waals surface area contributed by atoms with Gasteiger partial charge in [-0.25, -0.2) is 8.42 Å². The Morgan fingerprint density at radius 2 is 1.55 bits per heavy atom. The van der Waals surface area contributed by atoms with Crippen molar-refractivity contribution in [3.05, 3.63) is 130 Å². The first-order chi connectivity index (χ1) is 18.3. The van der Waals surface area contributed by atoms with Gasteiger partial charge in [0.2, 0.25) is 0 Å². The van der Waals surface area contributed by atoms with Crippen LogP contribution >= 0.6 is 23.2 Å². The molecule has 1 amide bonds. The topological polar surface area (TPSA) is 96.5 Å². The predicted octanol–water partition coefficient (Wildman–Crippen LogP) is 6.20. The number of sulfonamides is 1. The minimum atomic E-state index is -4.08. The van der Waals surface area contributed by atoms with E-state index in [4.69, 9.17) is 27.9 Å². The minimum absolute atomic E-state index is 0.0252. The summed E-state index contributed by atoms with van der Waals surface area (Å²) in [6.07, 6.45) is 1.50. The van der Waals surface area contributed by atoms with E-state index < -0.39 is 15.9 Å². The van der Waals surface area contributed by atoms with E-state index in [0.29, 0.717) is 22.2 Å². The molecular formula is C28H21Cl2N3O4S. The first-order valence-corrected chi connectivity index (χ1v) is 13.7. The molecule has 0 aliphatic carbocycles. The summed E-state index contributed by atoms with van der Waals surface area (Å²) in [5.41, 5.74) is 8.38. The molecule has 0 saturated carbocycles. The maximum absolute atomic E-state index is 13.0. The minimum Gasteiger partial charge on any atom is -0.481 e. The Morgan fingerprint density at radius 3 is 2.32 bits per heavy atom. The third-order valence-corrected chi connectivity index (χ3v) is 7.88. The van der Waals surface area contributed by atoms with Crippen molar-refractivity contribution in [3.63, 3.8) is 0 Å². The predicted molar refractivity (Wildman–Crippen MR) is 149 cm³/mol. The highest BCUT2D eigenvalue weighted by atomic mass is 35.5. The molecule has 10 heteroatoms. The van der Waals surface area contributed by atoms with Crippen LogP contribution in [0.2, 0.25) is 10.0 Å². The number of carbonyl (C=O) groups excluding carboxylic acids is 1. The molecule has 4 aromatic rings. The molecule has 0 aromatic heterocycles. The zero-order chi connectivity index (χ0) is 26.7. The fourth-order valence-corrected chi connectivity index (χ4v) is 5.61. The van der Waals surface area contributed by atoms with Crippen molar-refractivity contribution in [3.8, 4) is 5.75 Å². The maximum Gasteiger partial charge on any atom is 0.269 e. The standard InChI is InChI=1S/C28H21Cl2N3O4S/c29-20-11-13-21(14-12-20)33-38(35,36)27-16-19(10-15-23(27)30)28(34)32-31-24-17-26(18-6-2-1-3-7-18)37-25-9-5-4-8-22(24)25/h1-17,26,31,33H,(H,32,34)/t26-/m0/s1. The third kappa shape index (κ3) is 5.62. The number of hydrogen-bond acceptors (Lipinski definition) is 5. The average molecular weight is 566 g/mol. The van der Waals surface area contributed by atoms with Gasteiger partial charge in [0.05, 0.1) is 10.7 Å². The molecule has 38 heavy (non-hydrogen) atoms. The van der Waals surface area contributed by atoms with E-state index in [1.165, 1.54) is 30.3 Å². The van der Waals surface area contributed by atoms with Crippen LogP contribution in [0.1, 0.15) is 27.6 Å². The van der Waals surface area contributed by atoms with Crippen molar-refractivity contribution in [2.75, 3.05) is 4.72 Å². The van der Waals surface area contributed by atoms with Gasteiger partial charge in [-0.2, -0.15) is 0 Å². The third-order valence-electron chi connectivity index (χ3n) is 5.77. The van der Waals surface area contributed by atoms with E-state index >= 15 is 0 Å². The zero-order valence-electron chi connectivity index (χ0n) is 19.7. The van der Waals surface area contributed by atoms with Crippen LogP contribution in [0.4, 0.5) is 5.69 Å². The normalized spacial score (nSPS) is 14.5. The van der Waals surface area contributed by atoms with Crippen molar-refractivity contribution in [2.24, 2.45) is 0 Å². The number of carbonyl (C=O) groups is 1. The molecule has 5 rings (SSSR count). The first kappa shape index (κ1) is 25.7. The van der Waals surface area contributed by atoms with E-state index in [9.17, 15) is 13.2 Å². The zero-order valence-corrected chi connectivity index (χ0v) is 22.0. The van der Waals surface area contributed by atoms with Crippen LogP contribution in [0.15, 0.2) is 108 Å². The summed E-state index contributed by atoms with van der Waals surface area (Å²) in [6.45, 7) is 0. The summed E-state index contributed by atoms with van der Waals surface area (Å²) in [4.78, 5) is 12.8. The second kappa shape index (κ2) is 10.8. The number of para-hydroxylation sites is 1. The molecule has 3 N–H and O–H groups in total. The van der Waals surface area contributed by atoms with Gasteiger partial charge in [-0.05, 0) is 66.2 Å². The summed E-state index contributed by atoms with van der Waals surface area (Å²) >= 11 is 12.1. The lowest BCUT2D eigenvalue weighted by molar-refractivity contribution is 0.0941. The van der Waals surface area contributed by atoms with Crippen LogP contribution in [0.3, 0.4) is 0 Å². The number of rotatable bonds is 7. The van der Waals surface area contributed by atoms with Gasteiger partial charge in [-0.1, -0.05) is 65.7 Å². The summed E-state index contributed by atoms with van der Waals surface area (Å²) in [5.74, 6) is 0.111. The largest absolute Gasteiger partial charge is 0.481 e. The highest BCUT2D eigenvalue weighted by Gasteiger charge is 2.23. The van der Waals surface area contributed by atoms with Crippen molar-refractivity contribution in [2.45, 2.75) is 11.0 Å². The van der Waals surface area contributed by atoms with E-state index in [1.807, 2.05) is 60.7 Å². The molecule has 1 aliphatic heterocycles. The molecule has 0 fully saturated rings. The quantitative estimate of drug-likeness (QED) is 0.232. The van der Waals surface area contributed by atoms with E-state index in [-0.39, 0.29) is 21.6 Å². The van der Waals surface area contributed by atoms with Crippen LogP contribution in [0.25, 0.3) is 5.70 Å². The Morgan fingerprint density at radius 1 is 0.842 bits per heavy atom. The molecule has 0 saturated heterocycles. The number of hydrogen-bond donors (Lipinski definition) is 3. The van der Waals surface area contributed by atoms with E-state index in [2.05, 4.69) is 15.6 Å². The van der Waals surface area contributed by atoms with Gasteiger partial charge in [0.15, 0.2) is 0 Å². The molecule has 1 heterocycles. The van der Waals surface area contributed by atoms with Gasteiger partial charge in [0.25, 0.3) is 15.9 Å². The molecule has 0 spiro atoms. The lowest BCUT2D eigenvalue weighted by Crippen LogP contribution is -2.37. The van der Waals surface area contributed by atoms with Crippen LogP contribution in [0.5, 0.6) is 5.75 Å². The first-order valence-electron chi connectivity index (χ1n) is 11.5. The molecule has 0 radical (unpaired) electrons. The van der Waals surface area contributed by atoms with Gasteiger partial charge in [-0.15, -0.1) is 0 Å². The fraction of sp³-hybridized carbons (Fsp3) is 0.0357. The lowest BCUT2D eigenvalue weighted by Gasteiger charge is -2.26.